The van der Waals surface area contributed by atoms with E-state index in [-0.39, 0.29) is 5.48 Å². The van der Waals surface area contributed by atoms with Crippen molar-refractivity contribution in [1.82, 2.24) is 0 Å². The molecule has 0 heterocycles. The fourth-order valence-electron chi connectivity index (χ4n) is 1.71. The number of allylic oxidation sites excluding steroid dienone is 8. The zero-order valence-corrected chi connectivity index (χ0v) is 12.9. The standard InChI is InChI=1S/2C8H12.BF4.H2O/c2*1-2-4-6-8-7-5-3-1;2-1(3,4)5;/h2*1-2,7-8H,3-6H2;;1H2/q;;-1;. The Labute approximate surface area is 130 Å². The third-order valence-corrected chi connectivity index (χ3v) is 2.67. The van der Waals surface area contributed by atoms with Crippen LogP contribution in [-0.4, -0.2) is 12.7 Å². The van der Waals surface area contributed by atoms with Crippen LogP contribution in [0.1, 0.15) is 51.4 Å². The molecule has 0 saturated carbocycles. The normalized spacial score (nSPS) is 17.3. The first-order valence-corrected chi connectivity index (χ1v) is 7.47. The second-order valence-corrected chi connectivity index (χ2v) is 4.69. The quantitative estimate of drug-likeness (QED) is 0.306. The lowest BCUT2D eigenvalue weighted by Crippen LogP contribution is -2.02. The molecule has 128 valence electrons. The van der Waals surface area contributed by atoms with E-state index in [4.69, 9.17) is 0 Å². The average molecular weight is 321 g/mol. The first-order valence-electron chi connectivity index (χ1n) is 7.47. The van der Waals surface area contributed by atoms with Gasteiger partial charge >= 0.3 is 7.25 Å². The van der Waals surface area contributed by atoms with Crippen LogP contribution >= 0.6 is 0 Å². The highest BCUT2D eigenvalue weighted by Crippen LogP contribution is 2.06. The van der Waals surface area contributed by atoms with E-state index < -0.39 is 7.25 Å². The van der Waals surface area contributed by atoms with Crippen LogP contribution in [0, 0.1) is 0 Å². The maximum atomic E-state index is 9.75. The highest BCUT2D eigenvalue weighted by molar-refractivity contribution is 6.50. The van der Waals surface area contributed by atoms with Crippen LogP contribution in [0.25, 0.3) is 0 Å². The van der Waals surface area contributed by atoms with Gasteiger partial charge in [-0.25, -0.2) is 0 Å². The summed E-state index contributed by atoms with van der Waals surface area (Å²) in [6, 6.07) is 0. The van der Waals surface area contributed by atoms with Crippen molar-refractivity contribution in [2.45, 2.75) is 51.4 Å². The fraction of sp³-hybridized carbons (Fsp3) is 0.500. The molecule has 6 heteroatoms. The Kier molecular flexibility index (Phi) is 16.8. The maximum absolute atomic E-state index is 9.75. The first-order chi connectivity index (χ1) is 10.0. The molecule has 2 N–H and O–H groups in total. The van der Waals surface area contributed by atoms with Crippen molar-refractivity contribution in [3.05, 3.63) is 48.6 Å². The van der Waals surface area contributed by atoms with Crippen molar-refractivity contribution in [3.63, 3.8) is 0 Å². The molecule has 0 atom stereocenters. The molecule has 0 saturated heterocycles. The van der Waals surface area contributed by atoms with Crippen LogP contribution in [0.2, 0.25) is 0 Å². The van der Waals surface area contributed by atoms with Gasteiger partial charge in [0.25, 0.3) is 0 Å². The van der Waals surface area contributed by atoms with Gasteiger partial charge in [0.2, 0.25) is 0 Å². The van der Waals surface area contributed by atoms with E-state index in [9.17, 15) is 17.3 Å². The van der Waals surface area contributed by atoms with E-state index in [1.54, 1.807) is 0 Å². The molecule has 0 radical (unpaired) electrons. The largest absolute Gasteiger partial charge is 0.673 e. The molecule has 0 aromatic carbocycles. The van der Waals surface area contributed by atoms with Crippen molar-refractivity contribution in [3.8, 4) is 0 Å². The third kappa shape index (κ3) is 27.1. The van der Waals surface area contributed by atoms with Crippen LogP contribution in [0.4, 0.5) is 17.3 Å². The van der Waals surface area contributed by atoms with Crippen molar-refractivity contribution < 1.29 is 22.7 Å². The molecule has 1 nitrogen and oxygen atoms in total. The second kappa shape index (κ2) is 16.1. The molecular formula is C16H26BF4O-. The summed E-state index contributed by atoms with van der Waals surface area (Å²) in [5, 5.41) is 0. The van der Waals surface area contributed by atoms with Crippen molar-refractivity contribution in [2.75, 3.05) is 0 Å². The van der Waals surface area contributed by atoms with Crippen molar-refractivity contribution >= 4 is 7.25 Å². The van der Waals surface area contributed by atoms with Gasteiger partial charge in [0.15, 0.2) is 0 Å². The summed E-state index contributed by atoms with van der Waals surface area (Å²) in [7, 11) is -6.00. The molecule has 0 aromatic heterocycles. The number of hydrogen-bond donors (Lipinski definition) is 0. The number of hydrogen-bond acceptors (Lipinski definition) is 0. The number of rotatable bonds is 0. The molecule has 0 aliphatic heterocycles. The van der Waals surface area contributed by atoms with E-state index in [0.29, 0.717) is 0 Å². The van der Waals surface area contributed by atoms with Crippen LogP contribution in [0.5, 0.6) is 0 Å². The summed E-state index contributed by atoms with van der Waals surface area (Å²) in [5.74, 6) is 0. The van der Waals surface area contributed by atoms with E-state index in [1.165, 1.54) is 51.4 Å². The Balaban J connectivity index is 0. The summed E-state index contributed by atoms with van der Waals surface area (Å²) in [4.78, 5) is 0. The molecule has 2 aliphatic carbocycles. The van der Waals surface area contributed by atoms with Crippen LogP contribution < -0.4 is 0 Å². The monoisotopic (exact) mass is 321 g/mol. The topological polar surface area (TPSA) is 31.5 Å². The van der Waals surface area contributed by atoms with Gasteiger partial charge in [-0.15, -0.1) is 0 Å². The van der Waals surface area contributed by atoms with Gasteiger partial charge in [-0.2, -0.15) is 0 Å². The molecule has 2 aliphatic rings. The minimum atomic E-state index is -6.00. The summed E-state index contributed by atoms with van der Waals surface area (Å²) in [5.41, 5.74) is 0. The average Bonchev–Trinajstić information content (AvgIpc) is 2.24. The third-order valence-electron chi connectivity index (χ3n) is 2.67. The molecule has 0 bridgehead atoms. The Morgan fingerprint density at radius 2 is 0.500 bits per heavy atom. The highest BCUT2D eigenvalue weighted by atomic mass is 19.5. The number of halogens is 4. The first kappa shape index (κ1) is 23.0. The van der Waals surface area contributed by atoms with Crippen LogP contribution in [0.15, 0.2) is 48.6 Å². The molecule has 22 heavy (non-hydrogen) atoms. The van der Waals surface area contributed by atoms with Gasteiger partial charge in [0.05, 0.1) is 0 Å². The Morgan fingerprint density at radius 1 is 0.409 bits per heavy atom. The minimum Gasteiger partial charge on any atom is -0.418 e. The maximum Gasteiger partial charge on any atom is 0.673 e. The van der Waals surface area contributed by atoms with Gasteiger partial charge in [-0.05, 0) is 51.4 Å². The molecule has 0 amide bonds. The predicted octanol–water partition coefficient (Wildman–Crippen LogP) is 5.82. The molecule has 0 spiro atoms. The molecular weight excluding hydrogens is 295 g/mol. The molecule has 0 unspecified atom stereocenters. The van der Waals surface area contributed by atoms with Gasteiger partial charge in [-0.3, -0.25) is 0 Å². The Morgan fingerprint density at radius 3 is 0.591 bits per heavy atom. The summed E-state index contributed by atoms with van der Waals surface area (Å²) >= 11 is 0. The summed E-state index contributed by atoms with van der Waals surface area (Å²) < 4.78 is 39.0. The lowest BCUT2D eigenvalue weighted by Gasteiger charge is -1.94. The lowest BCUT2D eigenvalue weighted by atomic mass is 10.1. The summed E-state index contributed by atoms with van der Waals surface area (Å²) in [6.07, 6.45) is 28.0. The summed E-state index contributed by atoms with van der Waals surface area (Å²) in [6.45, 7) is 0. The smallest absolute Gasteiger partial charge is 0.418 e. The molecule has 0 aromatic rings. The fourth-order valence-corrected chi connectivity index (χ4v) is 1.71. The van der Waals surface area contributed by atoms with Crippen molar-refractivity contribution in [1.29, 1.82) is 0 Å². The van der Waals surface area contributed by atoms with Crippen LogP contribution in [0.3, 0.4) is 0 Å². The van der Waals surface area contributed by atoms with Gasteiger partial charge in [0, 0.05) is 0 Å². The highest BCUT2D eigenvalue weighted by Gasteiger charge is 2.20. The Bertz CT molecular complexity index is 261. The van der Waals surface area contributed by atoms with E-state index >= 15 is 0 Å². The minimum absolute atomic E-state index is 0. The van der Waals surface area contributed by atoms with Gasteiger partial charge in [0.1, 0.15) is 0 Å². The van der Waals surface area contributed by atoms with E-state index in [1.807, 2.05) is 0 Å². The van der Waals surface area contributed by atoms with Gasteiger partial charge in [-0.1, -0.05) is 48.6 Å². The van der Waals surface area contributed by atoms with Crippen LogP contribution in [-0.2, 0) is 0 Å². The zero-order valence-electron chi connectivity index (χ0n) is 12.9. The van der Waals surface area contributed by atoms with E-state index in [2.05, 4.69) is 48.6 Å². The van der Waals surface area contributed by atoms with Crippen molar-refractivity contribution in [2.24, 2.45) is 0 Å². The SMILES string of the molecule is C1=CCCC=CCC1.C1=CCCC=CCC1.F[B-](F)(F)F.O. The van der Waals surface area contributed by atoms with E-state index in [0.717, 1.165) is 0 Å². The lowest BCUT2D eigenvalue weighted by molar-refractivity contribution is 0.368. The Hall–Kier alpha value is -1.30. The molecule has 2 rings (SSSR count). The van der Waals surface area contributed by atoms with Gasteiger partial charge < -0.3 is 22.7 Å². The molecule has 0 fully saturated rings. The second-order valence-electron chi connectivity index (χ2n) is 4.69. The predicted molar refractivity (Wildman–Crippen MR) is 87.3 cm³/mol. The zero-order chi connectivity index (χ0) is 15.8.